The van der Waals surface area contributed by atoms with Crippen LogP contribution in [0, 0.1) is 13.8 Å². The molecule has 2 heterocycles. The van der Waals surface area contributed by atoms with Crippen LogP contribution in [0.3, 0.4) is 0 Å². The maximum atomic E-state index is 13.1. The van der Waals surface area contributed by atoms with Gasteiger partial charge in [0.05, 0.1) is 31.1 Å². The zero-order valence-corrected chi connectivity index (χ0v) is 19.4. The van der Waals surface area contributed by atoms with Crippen LogP contribution in [0.5, 0.6) is 0 Å². The third-order valence-electron chi connectivity index (χ3n) is 7.03. The molecular formula is C25H29N2O4S+. The number of benzene rings is 2. The van der Waals surface area contributed by atoms with Crippen molar-refractivity contribution in [2.24, 2.45) is 0 Å². The molecule has 168 valence electrons. The summed E-state index contributed by atoms with van der Waals surface area (Å²) in [5.41, 5.74) is 6.05. The highest BCUT2D eigenvalue weighted by Gasteiger charge is 2.31. The van der Waals surface area contributed by atoms with E-state index >= 15 is 0 Å². The average molecular weight is 454 g/mol. The van der Waals surface area contributed by atoms with Gasteiger partial charge in [0.15, 0.2) is 0 Å². The maximum absolute atomic E-state index is 13.1. The number of quaternary nitrogens is 1. The fourth-order valence-corrected chi connectivity index (χ4v) is 6.48. The number of rotatable bonds is 4. The van der Waals surface area contributed by atoms with Crippen molar-refractivity contribution in [1.82, 2.24) is 4.31 Å². The Kier molecular flexibility index (Phi) is 5.43. The number of sulfonamides is 1. The summed E-state index contributed by atoms with van der Waals surface area (Å²) in [6.07, 6.45) is 3.26. The first kappa shape index (κ1) is 21.4. The van der Waals surface area contributed by atoms with E-state index in [4.69, 9.17) is 4.42 Å². The van der Waals surface area contributed by atoms with Gasteiger partial charge in [0.25, 0.3) is 0 Å². The van der Waals surface area contributed by atoms with Gasteiger partial charge in [0, 0.05) is 17.0 Å². The van der Waals surface area contributed by atoms with Crippen LogP contribution in [0.15, 0.2) is 50.5 Å². The molecule has 0 saturated carbocycles. The predicted octanol–water partition coefficient (Wildman–Crippen LogP) is 1.99. The highest BCUT2D eigenvalue weighted by Crippen LogP contribution is 2.28. The van der Waals surface area contributed by atoms with E-state index in [0.717, 1.165) is 41.3 Å². The van der Waals surface area contributed by atoms with Crippen LogP contribution in [-0.4, -0.2) is 38.9 Å². The Morgan fingerprint density at radius 1 is 0.969 bits per heavy atom. The molecule has 1 aromatic heterocycles. The summed E-state index contributed by atoms with van der Waals surface area (Å²) < 4.78 is 33.3. The molecule has 1 saturated heterocycles. The first-order valence-corrected chi connectivity index (χ1v) is 12.7. The summed E-state index contributed by atoms with van der Waals surface area (Å²) in [7, 11) is -3.49. The second-order valence-electron chi connectivity index (χ2n) is 9.14. The van der Waals surface area contributed by atoms with E-state index in [0.29, 0.717) is 43.2 Å². The molecule has 6 nitrogen and oxygen atoms in total. The third-order valence-corrected chi connectivity index (χ3v) is 8.92. The lowest BCUT2D eigenvalue weighted by Gasteiger charge is -2.31. The Morgan fingerprint density at radius 2 is 1.69 bits per heavy atom. The van der Waals surface area contributed by atoms with Crippen LogP contribution >= 0.6 is 0 Å². The van der Waals surface area contributed by atoms with E-state index in [1.165, 1.54) is 16.0 Å². The van der Waals surface area contributed by atoms with Crippen LogP contribution < -0.4 is 10.5 Å². The quantitative estimate of drug-likeness (QED) is 0.614. The van der Waals surface area contributed by atoms with Gasteiger partial charge in [-0.15, -0.1) is 0 Å². The number of nitrogens with zero attached hydrogens (tertiary/aromatic N) is 1. The summed E-state index contributed by atoms with van der Waals surface area (Å²) in [6, 6.07) is 11.2. The average Bonchev–Trinajstić information content (AvgIpc) is 3.22. The second-order valence-corrected chi connectivity index (χ2v) is 11.1. The lowest BCUT2D eigenvalue weighted by Crippen LogP contribution is -3.13. The molecule has 32 heavy (non-hydrogen) atoms. The summed E-state index contributed by atoms with van der Waals surface area (Å²) in [5.74, 6) is 0. The van der Waals surface area contributed by atoms with Gasteiger partial charge in [0.2, 0.25) is 10.0 Å². The first-order chi connectivity index (χ1) is 15.3. The molecule has 0 radical (unpaired) electrons. The molecule has 1 aliphatic carbocycles. The lowest BCUT2D eigenvalue weighted by atomic mass is 10.0. The molecule has 7 heteroatoms. The molecule has 1 aliphatic heterocycles. The van der Waals surface area contributed by atoms with Crippen molar-refractivity contribution in [3.8, 4) is 0 Å². The van der Waals surface area contributed by atoms with Gasteiger partial charge in [-0.05, 0) is 79.6 Å². The number of aryl methyl sites for hydroxylation is 4. The fraction of sp³-hybridized carbons (Fsp3) is 0.400. The van der Waals surface area contributed by atoms with Crippen molar-refractivity contribution in [2.75, 3.05) is 26.2 Å². The maximum Gasteiger partial charge on any atom is 0.336 e. The van der Waals surface area contributed by atoms with E-state index < -0.39 is 10.0 Å². The highest BCUT2D eigenvalue weighted by atomic mass is 32.2. The van der Waals surface area contributed by atoms with E-state index in [1.807, 2.05) is 26.0 Å². The first-order valence-electron chi connectivity index (χ1n) is 11.3. The molecule has 1 fully saturated rings. The normalized spacial score (nSPS) is 17.7. The molecular weight excluding hydrogens is 424 g/mol. The molecule has 2 aromatic carbocycles. The molecule has 0 atom stereocenters. The smallest absolute Gasteiger partial charge is 0.336 e. The van der Waals surface area contributed by atoms with Gasteiger partial charge < -0.3 is 9.32 Å². The van der Waals surface area contributed by atoms with Gasteiger partial charge in [-0.3, -0.25) is 0 Å². The van der Waals surface area contributed by atoms with Gasteiger partial charge in [0.1, 0.15) is 12.1 Å². The Bertz CT molecular complexity index is 1350. The Balaban J connectivity index is 1.34. The SMILES string of the molecule is Cc1ccc(S(=O)(=O)N2CC[NH+](Cc3cc(=O)oc4cc5c(cc34)CCC5)CC2)cc1C. The standard InChI is InChI=1S/C25H28N2O4S/c1-17-6-7-22(12-18(17)2)32(29,30)27-10-8-26(9-11-27)16-21-15-25(28)31-24-14-20-5-3-4-19(20)13-23(21)24/h6-7,12-15H,3-5,8-11,16H2,1-2H3/p+1. The highest BCUT2D eigenvalue weighted by molar-refractivity contribution is 7.89. The minimum absolute atomic E-state index is 0.319. The molecule has 1 N–H and O–H groups in total. The number of hydrogen-bond donors (Lipinski definition) is 1. The molecule has 3 aromatic rings. The molecule has 0 amide bonds. The Hall–Kier alpha value is -2.48. The largest absolute Gasteiger partial charge is 0.423 e. The van der Waals surface area contributed by atoms with Crippen molar-refractivity contribution in [3.63, 3.8) is 0 Å². The van der Waals surface area contributed by atoms with E-state index in [2.05, 4.69) is 6.07 Å². The number of fused-ring (bicyclic) bond motifs is 2. The van der Waals surface area contributed by atoms with Gasteiger partial charge in [-0.1, -0.05) is 6.07 Å². The molecule has 0 unspecified atom stereocenters. The van der Waals surface area contributed by atoms with Crippen molar-refractivity contribution < 1.29 is 17.7 Å². The predicted molar refractivity (Wildman–Crippen MR) is 124 cm³/mol. The molecule has 5 rings (SSSR count). The van der Waals surface area contributed by atoms with Gasteiger partial charge >= 0.3 is 5.63 Å². The van der Waals surface area contributed by atoms with E-state index in [9.17, 15) is 13.2 Å². The van der Waals surface area contributed by atoms with Crippen molar-refractivity contribution in [2.45, 2.75) is 44.6 Å². The molecule has 0 bridgehead atoms. The van der Waals surface area contributed by atoms with Crippen LogP contribution in [0.25, 0.3) is 11.0 Å². The van der Waals surface area contributed by atoms with Crippen molar-refractivity contribution in [1.29, 1.82) is 0 Å². The summed E-state index contributed by atoms with van der Waals surface area (Å²) in [6.45, 7) is 6.97. The van der Waals surface area contributed by atoms with Gasteiger partial charge in [-0.25, -0.2) is 13.2 Å². The van der Waals surface area contributed by atoms with E-state index in [-0.39, 0.29) is 5.63 Å². The minimum atomic E-state index is -3.49. The van der Waals surface area contributed by atoms with Crippen LogP contribution in [0.1, 0.15) is 34.2 Å². The van der Waals surface area contributed by atoms with Crippen LogP contribution in [0.2, 0.25) is 0 Å². The van der Waals surface area contributed by atoms with Crippen molar-refractivity contribution >= 4 is 21.0 Å². The number of hydrogen-bond acceptors (Lipinski definition) is 4. The summed E-state index contributed by atoms with van der Waals surface area (Å²) >= 11 is 0. The zero-order valence-electron chi connectivity index (χ0n) is 18.6. The third kappa shape index (κ3) is 3.89. The Labute approximate surface area is 188 Å². The molecule has 2 aliphatic rings. The van der Waals surface area contributed by atoms with Crippen molar-refractivity contribution in [3.05, 3.63) is 74.6 Å². The number of nitrogens with one attached hydrogen (secondary N) is 1. The monoisotopic (exact) mass is 453 g/mol. The lowest BCUT2D eigenvalue weighted by molar-refractivity contribution is -0.917. The minimum Gasteiger partial charge on any atom is -0.423 e. The van der Waals surface area contributed by atoms with Crippen LogP contribution in [0.4, 0.5) is 0 Å². The number of piperazine rings is 1. The summed E-state index contributed by atoms with van der Waals surface area (Å²) in [5, 5.41) is 1.02. The van der Waals surface area contributed by atoms with Crippen LogP contribution in [-0.2, 0) is 29.4 Å². The topological polar surface area (TPSA) is 72.0 Å². The summed E-state index contributed by atoms with van der Waals surface area (Å²) in [4.78, 5) is 13.8. The zero-order chi connectivity index (χ0) is 22.5. The second kappa shape index (κ2) is 8.14. The fourth-order valence-electron chi connectivity index (χ4n) is 4.95. The molecule has 0 spiro atoms. The Morgan fingerprint density at radius 3 is 2.41 bits per heavy atom. The van der Waals surface area contributed by atoms with E-state index in [1.54, 1.807) is 22.5 Å². The van der Waals surface area contributed by atoms with Gasteiger partial charge in [-0.2, -0.15) is 4.31 Å².